The van der Waals surface area contributed by atoms with Crippen molar-refractivity contribution in [2.45, 2.75) is 30.3 Å². The van der Waals surface area contributed by atoms with E-state index in [1.807, 2.05) is 0 Å². The van der Waals surface area contributed by atoms with Gasteiger partial charge in [0, 0.05) is 11.1 Å². The Hall–Kier alpha value is -0.838. The van der Waals surface area contributed by atoms with Gasteiger partial charge < -0.3 is 0 Å². The zero-order chi connectivity index (χ0) is 11.4. The van der Waals surface area contributed by atoms with Crippen molar-refractivity contribution in [3.05, 3.63) is 42.1 Å². The predicted molar refractivity (Wildman–Crippen MR) is 72.5 cm³/mol. The molecule has 2 rings (SSSR count). The van der Waals surface area contributed by atoms with Gasteiger partial charge in [-0.2, -0.15) is 0 Å². The molecule has 0 aliphatic carbocycles. The van der Waals surface area contributed by atoms with Gasteiger partial charge in [-0.25, -0.2) is 0 Å². The normalized spacial score (nSPS) is 10.9. The van der Waals surface area contributed by atoms with Crippen LogP contribution < -0.4 is 0 Å². The van der Waals surface area contributed by atoms with Gasteiger partial charge in [-0.3, -0.25) is 4.98 Å². The Kier molecular flexibility index (Phi) is 3.99. The van der Waals surface area contributed by atoms with Gasteiger partial charge in [-0.05, 0) is 18.6 Å². The Morgan fingerprint density at radius 3 is 2.75 bits per heavy atom. The molecule has 0 saturated heterocycles. The summed E-state index contributed by atoms with van der Waals surface area (Å²) in [4.78, 5) is 4.69. The first-order chi connectivity index (χ1) is 7.75. The fraction of sp³-hybridized carbons (Fsp3) is 0.357. The van der Waals surface area contributed by atoms with Crippen molar-refractivity contribution in [2.75, 3.05) is 0 Å². The number of hydrogen-bond acceptors (Lipinski definition) is 1. The molecule has 2 heteroatoms. The van der Waals surface area contributed by atoms with Crippen molar-refractivity contribution < 1.29 is 0 Å². The van der Waals surface area contributed by atoms with Crippen LogP contribution >= 0.6 is 0 Å². The van der Waals surface area contributed by atoms with Gasteiger partial charge in [0.15, 0.2) is 0 Å². The molecule has 0 fully saturated rings. The van der Waals surface area contributed by atoms with Gasteiger partial charge >= 0.3 is 0 Å². The van der Waals surface area contributed by atoms with E-state index in [9.17, 15) is 0 Å². The summed E-state index contributed by atoms with van der Waals surface area (Å²) in [5.74, 6) is 0. The number of benzene rings is 1. The van der Waals surface area contributed by atoms with E-state index in [0.29, 0.717) is 0 Å². The summed E-state index contributed by atoms with van der Waals surface area (Å²) >= 11 is 0.111. The third-order valence-electron chi connectivity index (χ3n) is 2.87. The number of rotatable bonds is 4. The van der Waals surface area contributed by atoms with Gasteiger partial charge in [0.25, 0.3) is 0 Å². The molecule has 0 bridgehead atoms. The van der Waals surface area contributed by atoms with Gasteiger partial charge in [0.1, 0.15) is 0 Å². The lowest BCUT2D eigenvalue weighted by Crippen LogP contribution is -1.98. The number of pyridine rings is 1. The van der Waals surface area contributed by atoms with Crippen molar-refractivity contribution in [1.82, 2.24) is 4.98 Å². The first-order valence-corrected chi connectivity index (χ1v) is 7.92. The van der Waals surface area contributed by atoms with E-state index in [4.69, 9.17) is 4.98 Å². The van der Waals surface area contributed by atoms with Crippen LogP contribution in [0.2, 0.25) is 10.1 Å². The van der Waals surface area contributed by atoms with Crippen LogP contribution in [-0.4, -0.2) is 20.2 Å². The average Bonchev–Trinajstić information content (AvgIpc) is 2.28. The van der Waals surface area contributed by atoms with Crippen molar-refractivity contribution in [3.8, 4) is 0 Å². The quantitative estimate of drug-likeness (QED) is 0.729. The monoisotopic (exact) mass is 227 g/mol. The highest BCUT2D eigenvalue weighted by Gasteiger charge is 2.02. The van der Waals surface area contributed by atoms with Crippen LogP contribution in [-0.2, 0) is 6.42 Å². The molecule has 1 aromatic carbocycles. The molecule has 0 atom stereocenters. The standard InChI is InChI=1S/C11H10N.C3H7.Al.H/c1-2-10-8-7-9-5-3-4-6-11(9)12-10;1-3-2;;/h3-8H,1-2H2;3H,1-2H3;;. The zero-order valence-electron chi connectivity index (χ0n) is 10.1. The van der Waals surface area contributed by atoms with Gasteiger partial charge in [0.05, 0.1) is 5.52 Å². The lowest BCUT2D eigenvalue weighted by atomic mass is 10.2. The van der Waals surface area contributed by atoms with Crippen molar-refractivity contribution >= 4 is 26.1 Å². The van der Waals surface area contributed by atoms with Crippen LogP contribution in [0.25, 0.3) is 10.9 Å². The summed E-state index contributed by atoms with van der Waals surface area (Å²) in [6.45, 7) is 4.67. The molecule has 0 aliphatic rings. The molecule has 0 radical (unpaired) electrons. The number of nitrogens with zero attached hydrogens (tertiary/aromatic N) is 1. The van der Waals surface area contributed by atoms with E-state index in [1.165, 1.54) is 16.4 Å². The second-order valence-electron chi connectivity index (χ2n) is 4.78. The highest BCUT2D eigenvalue weighted by Crippen LogP contribution is 2.13. The SMILES string of the molecule is C[CH](C)[AlH][CH2]Cc1ccc2ccccc2n1. The predicted octanol–water partition coefficient (Wildman–Crippen LogP) is 3.46. The minimum absolute atomic E-state index is 0.111. The number of fused-ring (bicyclic) bond motifs is 1. The number of hydrogen-bond donors (Lipinski definition) is 0. The van der Waals surface area contributed by atoms with E-state index >= 15 is 0 Å². The summed E-state index contributed by atoms with van der Waals surface area (Å²) in [6.07, 6.45) is 1.16. The third-order valence-corrected chi connectivity index (χ3v) is 4.79. The van der Waals surface area contributed by atoms with Crippen molar-refractivity contribution in [3.63, 3.8) is 0 Å². The van der Waals surface area contributed by atoms with E-state index in [-0.39, 0.29) is 15.2 Å². The second-order valence-corrected chi connectivity index (χ2v) is 7.70. The summed E-state index contributed by atoms with van der Waals surface area (Å²) < 4.78 is 0.931. The maximum atomic E-state index is 4.69. The molecule has 16 heavy (non-hydrogen) atoms. The molecule has 2 aromatic rings. The van der Waals surface area contributed by atoms with Crippen LogP contribution in [0.15, 0.2) is 36.4 Å². The Bertz CT molecular complexity index is 465. The summed E-state index contributed by atoms with van der Waals surface area (Å²) in [5, 5.41) is 2.62. The lowest BCUT2D eigenvalue weighted by Gasteiger charge is -2.03. The van der Waals surface area contributed by atoms with E-state index < -0.39 is 0 Å². The Morgan fingerprint density at radius 1 is 1.12 bits per heavy atom. The smallest absolute Gasteiger partial charge is 0.240 e. The molecule has 82 valence electrons. The molecule has 0 saturated carbocycles. The Labute approximate surface area is 104 Å². The van der Waals surface area contributed by atoms with E-state index in [2.05, 4.69) is 50.2 Å². The topological polar surface area (TPSA) is 12.9 Å². The molecule has 0 spiro atoms. The first kappa shape index (κ1) is 11.6. The summed E-state index contributed by atoms with van der Waals surface area (Å²) in [6, 6.07) is 12.7. The fourth-order valence-electron chi connectivity index (χ4n) is 1.94. The third kappa shape index (κ3) is 3.08. The Balaban J connectivity index is 2.08. The van der Waals surface area contributed by atoms with Crippen molar-refractivity contribution in [1.29, 1.82) is 0 Å². The van der Waals surface area contributed by atoms with Crippen LogP contribution in [0, 0.1) is 0 Å². The van der Waals surface area contributed by atoms with Gasteiger partial charge in [-0.15, -0.1) is 0 Å². The highest BCUT2D eigenvalue weighted by atomic mass is 27.1. The number of aromatic nitrogens is 1. The van der Waals surface area contributed by atoms with Crippen molar-refractivity contribution in [2.24, 2.45) is 0 Å². The second kappa shape index (κ2) is 5.48. The molecule has 1 nitrogen and oxygen atoms in total. The average molecular weight is 227 g/mol. The molecular formula is C14H18AlN. The molecule has 0 amide bonds. The minimum Gasteiger partial charge on any atom is -0.253 e. The van der Waals surface area contributed by atoms with Crippen LogP contribution in [0.1, 0.15) is 19.5 Å². The largest absolute Gasteiger partial charge is 0.253 e. The highest BCUT2D eigenvalue weighted by molar-refractivity contribution is 6.37. The van der Waals surface area contributed by atoms with Crippen LogP contribution in [0.3, 0.4) is 0 Å². The first-order valence-electron chi connectivity index (χ1n) is 6.10. The molecule has 0 N–H and O–H groups in total. The van der Waals surface area contributed by atoms with Gasteiger partial charge in [0.2, 0.25) is 15.2 Å². The lowest BCUT2D eigenvalue weighted by molar-refractivity contribution is 0.995. The number of para-hydroxylation sites is 1. The molecular weight excluding hydrogens is 209 g/mol. The fourth-order valence-corrected chi connectivity index (χ4v) is 3.32. The number of aryl methyl sites for hydroxylation is 1. The summed E-state index contributed by atoms with van der Waals surface area (Å²) in [5.41, 5.74) is 2.39. The van der Waals surface area contributed by atoms with Crippen LogP contribution in [0.4, 0.5) is 0 Å². The molecule has 0 unspecified atom stereocenters. The molecule has 1 aromatic heterocycles. The summed E-state index contributed by atoms with van der Waals surface area (Å²) in [7, 11) is 0. The maximum Gasteiger partial charge on any atom is 0.240 e. The minimum atomic E-state index is 0.111. The molecule has 1 heterocycles. The zero-order valence-corrected chi connectivity index (χ0v) is 11.5. The molecule has 0 aliphatic heterocycles. The maximum absolute atomic E-state index is 4.69. The van der Waals surface area contributed by atoms with Crippen LogP contribution in [0.5, 0.6) is 0 Å². The van der Waals surface area contributed by atoms with E-state index in [0.717, 1.165) is 16.7 Å². The van der Waals surface area contributed by atoms with Gasteiger partial charge in [-0.1, -0.05) is 48.2 Å². The van der Waals surface area contributed by atoms with E-state index in [1.54, 1.807) is 0 Å². The Morgan fingerprint density at radius 2 is 1.94 bits per heavy atom.